The summed E-state index contributed by atoms with van der Waals surface area (Å²) in [4.78, 5) is 1.62. The molecule has 2 unspecified atom stereocenters. The van der Waals surface area contributed by atoms with Crippen LogP contribution in [0.2, 0.25) is 0 Å². The number of hydrogen-bond donors (Lipinski definition) is 0. The summed E-state index contributed by atoms with van der Waals surface area (Å²) in [5.41, 5.74) is 0. The number of rotatable bonds is 0. The van der Waals surface area contributed by atoms with E-state index in [0.717, 1.165) is 9.81 Å². The van der Waals surface area contributed by atoms with Crippen molar-refractivity contribution in [3.8, 4) is 0 Å². The molecule has 0 saturated carbocycles. The Morgan fingerprint density at radius 2 is 1.30 bits per heavy atom. The third-order valence-corrected chi connectivity index (χ3v) is 5.15. The van der Waals surface area contributed by atoms with E-state index < -0.39 is 21.6 Å². The van der Waals surface area contributed by atoms with Crippen LogP contribution in [0.25, 0.3) is 0 Å². The van der Waals surface area contributed by atoms with Gasteiger partial charge in [-0.1, -0.05) is 0 Å². The van der Waals surface area contributed by atoms with Gasteiger partial charge in [0, 0.05) is 21.3 Å². The van der Waals surface area contributed by atoms with Gasteiger partial charge in [-0.05, 0) is 13.8 Å². The average Bonchev–Trinajstić information content (AvgIpc) is 1.93. The van der Waals surface area contributed by atoms with E-state index in [1.807, 2.05) is 0 Å². The fourth-order valence-electron chi connectivity index (χ4n) is 0.778. The van der Waals surface area contributed by atoms with E-state index in [9.17, 15) is 8.42 Å². The van der Waals surface area contributed by atoms with E-state index >= 15 is 0 Å². The molecular weight excluding hydrogens is 168 g/mol. The summed E-state index contributed by atoms with van der Waals surface area (Å²) >= 11 is 0. The molecule has 0 radical (unpaired) electrons. The van der Waals surface area contributed by atoms with E-state index in [1.165, 1.54) is 0 Å². The SMILES string of the molecule is CC1=C(C)S(=O)CCS1=O. The second kappa shape index (κ2) is 2.96. The van der Waals surface area contributed by atoms with Gasteiger partial charge in [0.1, 0.15) is 0 Å². The second-order valence-electron chi connectivity index (χ2n) is 2.21. The van der Waals surface area contributed by atoms with Crippen LogP contribution >= 0.6 is 0 Å². The van der Waals surface area contributed by atoms with E-state index in [-0.39, 0.29) is 0 Å². The lowest BCUT2D eigenvalue weighted by atomic mass is 10.6. The van der Waals surface area contributed by atoms with E-state index in [4.69, 9.17) is 0 Å². The molecule has 58 valence electrons. The fourth-order valence-corrected chi connectivity index (χ4v) is 3.80. The second-order valence-corrected chi connectivity index (χ2v) is 5.63. The zero-order valence-electron chi connectivity index (χ0n) is 6.05. The van der Waals surface area contributed by atoms with Crippen molar-refractivity contribution in [2.24, 2.45) is 0 Å². The van der Waals surface area contributed by atoms with Crippen LogP contribution in [-0.2, 0) is 21.6 Å². The third kappa shape index (κ3) is 1.37. The van der Waals surface area contributed by atoms with Crippen LogP contribution in [0.3, 0.4) is 0 Å². The van der Waals surface area contributed by atoms with Crippen LogP contribution in [0, 0.1) is 0 Å². The van der Waals surface area contributed by atoms with Crippen LogP contribution in [0.15, 0.2) is 9.81 Å². The Bertz CT molecular complexity index is 206. The molecule has 0 fully saturated rings. The third-order valence-electron chi connectivity index (χ3n) is 1.63. The highest BCUT2D eigenvalue weighted by molar-refractivity contribution is 7.96. The number of allylic oxidation sites excluding steroid dienone is 2. The lowest BCUT2D eigenvalue weighted by molar-refractivity contribution is 0.679. The lowest BCUT2D eigenvalue weighted by Gasteiger charge is -2.12. The van der Waals surface area contributed by atoms with Crippen molar-refractivity contribution >= 4 is 21.6 Å². The topological polar surface area (TPSA) is 34.1 Å². The molecule has 4 heteroatoms. The Morgan fingerprint density at radius 1 is 1.00 bits per heavy atom. The molecule has 0 amide bonds. The highest BCUT2D eigenvalue weighted by Gasteiger charge is 2.17. The van der Waals surface area contributed by atoms with Gasteiger partial charge in [-0.2, -0.15) is 0 Å². The normalized spacial score (nSPS) is 34.6. The molecule has 1 aliphatic rings. The molecule has 2 nitrogen and oxygen atoms in total. The predicted octanol–water partition coefficient (Wildman–Crippen LogP) is 0.749. The molecule has 0 N–H and O–H groups in total. The summed E-state index contributed by atoms with van der Waals surface area (Å²) in [5.74, 6) is 1.13. The van der Waals surface area contributed by atoms with Gasteiger partial charge in [0.25, 0.3) is 0 Å². The summed E-state index contributed by atoms with van der Waals surface area (Å²) < 4.78 is 22.1. The predicted molar refractivity (Wildman–Crippen MR) is 44.4 cm³/mol. The Morgan fingerprint density at radius 3 is 1.60 bits per heavy atom. The van der Waals surface area contributed by atoms with Crippen LogP contribution in [0.4, 0.5) is 0 Å². The van der Waals surface area contributed by atoms with Crippen molar-refractivity contribution in [3.63, 3.8) is 0 Å². The van der Waals surface area contributed by atoms with Gasteiger partial charge < -0.3 is 0 Å². The first-order valence-corrected chi connectivity index (χ1v) is 5.71. The van der Waals surface area contributed by atoms with Crippen molar-refractivity contribution in [1.29, 1.82) is 0 Å². The Balaban J connectivity index is 3.03. The average molecular weight is 178 g/mol. The van der Waals surface area contributed by atoms with Gasteiger partial charge in [-0.3, -0.25) is 8.42 Å². The molecule has 0 saturated heterocycles. The van der Waals surface area contributed by atoms with E-state index in [0.29, 0.717) is 11.5 Å². The largest absolute Gasteiger partial charge is 0.255 e. The molecular formula is C6H10O2S2. The van der Waals surface area contributed by atoms with E-state index in [1.54, 1.807) is 13.8 Å². The molecule has 0 aromatic heterocycles. The van der Waals surface area contributed by atoms with E-state index in [2.05, 4.69) is 0 Å². The van der Waals surface area contributed by atoms with Crippen molar-refractivity contribution < 1.29 is 8.42 Å². The Kier molecular flexibility index (Phi) is 2.41. The zero-order chi connectivity index (χ0) is 7.72. The van der Waals surface area contributed by atoms with Gasteiger partial charge in [-0.15, -0.1) is 0 Å². The van der Waals surface area contributed by atoms with Crippen LogP contribution in [0.1, 0.15) is 13.8 Å². The molecule has 0 bridgehead atoms. The van der Waals surface area contributed by atoms with Gasteiger partial charge in [0.2, 0.25) is 0 Å². The van der Waals surface area contributed by atoms with Gasteiger partial charge in [-0.25, -0.2) is 0 Å². The summed E-state index contributed by atoms with van der Waals surface area (Å²) in [7, 11) is -1.70. The van der Waals surface area contributed by atoms with Gasteiger partial charge in [0.15, 0.2) is 0 Å². The molecule has 10 heavy (non-hydrogen) atoms. The monoisotopic (exact) mass is 178 g/mol. The first-order chi connectivity index (χ1) is 4.63. The standard InChI is InChI=1S/C6H10O2S2/c1-5-6(2)10(8)4-3-9(5)7/h3-4H2,1-2H3. The smallest absolute Gasteiger partial charge is 0.0503 e. The van der Waals surface area contributed by atoms with Gasteiger partial charge in [0.05, 0.1) is 21.6 Å². The fraction of sp³-hybridized carbons (Fsp3) is 0.667. The maximum atomic E-state index is 11.1. The summed E-state index contributed by atoms with van der Waals surface area (Å²) in [6, 6.07) is 0. The Labute approximate surface area is 65.6 Å². The maximum absolute atomic E-state index is 11.1. The summed E-state index contributed by atoms with van der Waals surface area (Å²) in [6.07, 6.45) is 0. The van der Waals surface area contributed by atoms with Crippen molar-refractivity contribution in [1.82, 2.24) is 0 Å². The first-order valence-electron chi connectivity index (χ1n) is 3.07. The molecule has 1 rings (SSSR count). The molecule has 0 aromatic rings. The van der Waals surface area contributed by atoms with Crippen molar-refractivity contribution in [2.75, 3.05) is 11.5 Å². The lowest BCUT2D eigenvalue weighted by Crippen LogP contribution is -2.16. The minimum atomic E-state index is -0.849. The molecule has 2 atom stereocenters. The summed E-state index contributed by atoms with van der Waals surface area (Å²) in [5, 5.41) is 0. The highest BCUT2D eigenvalue weighted by atomic mass is 32.2. The molecule has 0 aromatic carbocycles. The van der Waals surface area contributed by atoms with Gasteiger partial charge >= 0.3 is 0 Å². The molecule has 1 heterocycles. The van der Waals surface area contributed by atoms with Crippen LogP contribution < -0.4 is 0 Å². The summed E-state index contributed by atoms with van der Waals surface area (Å²) in [6.45, 7) is 3.59. The quantitative estimate of drug-likeness (QED) is 0.548. The Hall–Kier alpha value is 0.0400. The zero-order valence-corrected chi connectivity index (χ0v) is 7.68. The maximum Gasteiger partial charge on any atom is 0.0503 e. The van der Waals surface area contributed by atoms with Crippen LogP contribution in [0.5, 0.6) is 0 Å². The van der Waals surface area contributed by atoms with Crippen molar-refractivity contribution in [2.45, 2.75) is 13.8 Å². The molecule has 0 aliphatic carbocycles. The minimum absolute atomic E-state index is 0.565. The minimum Gasteiger partial charge on any atom is -0.255 e. The first kappa shape index (κ1) is 8.14. The van der Waals surface area contributed by atoms with Crippen LogP contribution in [-0.4, -0.2) is 19.9 Å². The molecule has 0 spiro atoms. The van der Waals surface area contributed by atoms with Crippen molar-refractivity contribution in [3.05, 3.63) is 9.81 Å². The molecule has 1 aliphatic heterocycles. The highest BCUT2D eigenvalue weighted by Crippen LogP contribution is 2.17. The number of hydrogen-bond acceptors (Lipinski definition) is 2.